The SMILES string of the molecule is CCOC(=O)/C(C#N)=C(/c1ccc(C)cc1)N1CCCCC1. The van der Waals surface area contributed by atoms with Crippen LogP contribution < -0.4 is 0 Å². The van der Waals surface area contributed by atoms with Crippen molar-refractivity contribution in [3.05, 3.63) is 41.0 Å². The molecule has 0 N–H and O–H groups in total. The lowest BCUT2D eigenvalue weighted by atomic mass is 10.0. The number of aryl methyl sites for hydroxylation is 1. The van der Waals surface area contributed by atoms with E-state index in [4.69, 9.17) is 4.74 Å². The molecule has 1 saturated heterocycles. The van der Waals surface area contributed by atoms with Gasteiger partial charge in [-0.2, -0.15) is 5.26 Å². The van der Waals surface area contributed by atoms with Crippen molar-refractivity contribution in [1.29, 1.82) is 5.26 Å². The lowest BCUT2D eigenvalue weighted by Gasteiger charge is -2.31. The molecule has 1 aromatic rings. The summed E-state index contributed by atoms with van der Waals surface area (Å²) < 4.78 is 5.07. The van der Waals surface area contributed by atoms with Crippen LogP contribution in [0.4, 0.5) is 0 Å². The fraction of sp³-hybridized carbons (Fsp3) is 0.444. The number of likely N-dealkylation sites (tertiary alicyclic amines) is 1. The summed E-state index contributed by atoms with van der Waals surface area (Å²) in [5, 5.41) is 9.50. The highest BCUT2D eigenvalue weighted by atomic mass is 16.5. The van der Waals surface area contributed by atoms with Gasteiger partial charge in [-0.25, -0.2) is 4.79 Å². The molecule has 0 spiro atoms. The number of nitriles is 1. The van der Waals surface area contributed by atoms with Crippen LogP contribution >= 0.6 is 0 Å². The van der Waals surface area contributed by atoms with E-state index in [0.717, 1.165) is 37.1 Å². The van der Waals surface area contributed by atoms with E-state index in [1.807, 2.05) is 31.2 Å². The van der Waals surface area contributed by atoms with Gasteiger partial charge in [0.2, 0.25) is 0 Å². The lowest BCUT2D eigenvalue weighted by molar-refractivity contribution is -0.138. The quantitative estimate of drug-likeness (QED) is 0.486. The van der Waals surface area contributed by atoms with Crippen molar-refractivity contribution in [2.24, 2.45) is 0 Å². The first-order chi connectivity index (χ1) is 10.7. The van der Waals surface area contributed by atoms with Gasteiger partial charge in [0.05, 0.1) is 12.3 Å². The minimum Gasteiger partial charge on any atom is -0.462 e. The normalized spacial score (nSPS) is 15.8. The molecule has 2 rings (SSSR count). The predicted octanol–water partition coefficient (Wildman–Crippen LogP) is 3.28. The number of piperidine rings is 1. The Labute approximate surface area is 132 Å². The molecule has 0 bridgehead atoms. The zero-order valence-electron chi connectivity index (χ0n) is 13.3. The van der Waals surface area contributed by atoms with Crippen LogP contribution in [0.3, 0.4) is 0 Å². The molecule has 4 heteroatoms. The number of benzene rings is 1. The Kier molecular flexibility index (Phi) is 5.60. The number of rotatable bonds is 4. The summed E-state index contributed by atoms with van der Waals surface area (Å²) in [6, 6.07) is 10.00. The molecular formula is C18H22N2O2. The highest BCUT2D eigenvalue weighted by molar-refractivity contribution is 6.01. The molecule has 1 heterocycles. The Morgan fingerprint density at radius 3 is 2.41 bits per heavy atom. The van der Waals surface area contributed by atoms with E-state index in [2.05, 4.69) is 11.0 Å². The topological polar surface area (TPSA) is 53.3 Å². The maximum Gasteiger partial charge on any atom is 0.351 e. The molecule has 1 aliphatic heterocycles. The fourth-order valence-corrected chi connectivity index (χ4v) is 2.71. The highest BCUT2D eigenvalue weighted by Gasteiger charge is 2.24. The van der Waals surface area contributed by atoms with E-state index < -0.39 is 5.97 Å². The van der Waals surface area contributed by atoms with Gasteiger partial charge in [0.25, 0.3) is 0 Å². The molecule has 22 heavy (non-hydrogen) atoms. The van der Waals surface area contributed by atoms with Gasteiger partial charge in [-0.15, -0.1) is 0 Å². The van der Waals surface area contributed by atoms with Gasteiger partial charge in [0.15, 0.2) is 5.57 Å². The van der Waals surface area contributed by atoms with Crippen LogP contribution in [0.1, 0.15) is 37.3 Å². The second-order valence-corrected chi connectivity index (χ2v) is 5.47. The van der Waals surface area contributed by atoms with Crippen LogP contribution in [0.5, 0.6) is 0 Å². The Morgan fingerprint density at radius 1 is 1.23 bits per heavy atom. The summed E-state index contributed by atoms with van der Waals surface area (Å²) in [6.07, 6.45) is 3.35. The van der Waals surface area contributed by atoms with Gasteiger partial charge in [-0.1, -0.05) is 29.8 Å². The molecule has 1 aliphatic rings. The number of hydrogen-bond donors (Lipinski definition) is 0. The van der Waals surface area contributed by atoms with Crippen molar-refractivity contribution < 1.29 is 9.53 Å². The third-order valence-electron chi connectivity index (χ3n) is 3.83. The van der Waals surface area contributed by atoms with Crippen molar-refractivity contribution >= 4 is 11.7 Å². The largest absolute Gasteiger partial charge is 0.462 e. The molecule has 116 valence electrons. The molecule has 0 atom stereocenters. The van der Waals surface area contributed by atoms with E-state index in [9.17, 15) is 10.1 Å². The van der Waals surface area contributed by atoms with Crippen molar-refractivity contribution in [2.75, 3.05) is 19.7 Å². The number of carbonyl (C=O) groups is 1. The van der Waals surface area contributed by atoms with E-state index in [1.54, 1.807) is 6.92 Å². The van der Waals surface area contributed by atoms with Crippen LogP contribution in [0.2, 0.25) is 0 Å². The third kappa shape index (κ3) is 3.67. The first-order valence-corrected chi connectivity index (χ1v) is 7.81. The van der Waals surface area contributed by atoms with E-state index in [1.165, 1.54) is 6.42 Å². The molecule has 0 unspecified atom stereocenters. The standard InChI is InChI=1S/C18H22N2O2/c1-3-22-18(21)16(13-19)17(20-11-5-4-6-12-20)15-9-7-14(2)8-10-15/h7-10H,3-6,11-12H2,1-2H3/b17-16-. The predicted molar refractivity (Wildman–Crippen MR) is 85.8 cm³/mol. The maximum atomic E-state index is 12.2. The van der Waals surface area contributed by atoms with Crippen LogP contribution in [0.15, 0.2) is 29.8 Å². The second kappa shape index (κ2) is 7.65. The smallest absolute Gasteiger partial charge is 0.351 e. The fourth-order valence-electron chi connectivity index (χ4n) is 2.71. The number of nitrogens with zero attached hydrogens (tertiary/aromatic N) is 2. The van der Waals surface area contributed by atoms with Crippen LogP contribution in [0.25, 0.3) is 5.70 Å². The number of carbonyl (C=O) groups excluding carboxylic acids is 1. The molecule has 0 radical (unpaired) electrons. The average Bonchev–Trinajstić information content (AvgIpc) is 2.54. The van der Waals surface area contributed by atoms with E-state index in [-0.39, 0.29) is 12.2 Å². The Bertz CT molecular complexity index is 591. The molecule has 4 nitrogen and oxygen atoms in total. The molecule has 0 aliphatic carbocycles. The first-order valence-electron chi connectivity index (χ1n) is 7.81. The second-order valence-electron chi connectivity index (χ2n) is 5.47. The van der Waals surface area contributed by atoms with E-state index >= 15 is 0 Å². The van der Waals surface area contributed by atoms with Crippen molar-refractivity contribution in [3.8, 4) is 6.07 Å². The zero-order valence-corrected chi connectivity index (χ0v) is 13.3. The van der Waals surface area contributed by atoms with Crippen molar-refractivity contribution in [3.63, 3.8) is 0 Å². The summed E-state index contributed by atoms with van der Waals surface area (Å²) in [7, 11) is 0. The maximum absolute atomic E-state index is 12.2. The Balaban J connectivity index is 2.50. The van der Waals surface area contributed by atoms with Gasteiger partial charge in [-0.3, -0.25) is 0 Å². The van der Waals surface area contributed by atoms with Gasteiger partial charge in [0.1, 0.15) is 6.07 Å². The third-order valence-corrected chi connectivity index (χ3v) is 3.83. The monoisotopic (exact) mass is 298 g/mol. The molecule has 1 aromatic carbocycles. The Morgan fingerprint density at radius 2 is 1.86 bits per heavy atom. The number of esters is 1. The molecule has 0 saturated carbocycles. The van der Waals surface area contributed by atoms with Crippen LogP contribution in [-0.2, 0) is 9.53 Å². The molecular weight excluding hydrogens is 276 g/mol. The van der Waals surface area contributed by atoms with Crippen LogP contribution in [0, 0.1) is 18.3 Å². The summed E-state index contributed by atoms with van der Waals surface area (Å²) in [5.74, 6) is -0.536. The molecule has 0 amide bonds. The zero-order chi connectivity index (χ0) is 15.9. The highest BCUT2D eigenvalue weighted by Crippen LogP contribution is 2.27. The molecule has 0 aromatic heterocycles. The lowest BCUT2D eigenvalue weighted by Crippen LogP contribution is -2.30. The minimum atomic E-state index is -0.536. The van der Waals surface area contributed by atoms with Gasteiger partial charge in [0, 0.05) is 13.1 Å². The average molecular weight is 298 g/mol. The summed E-state index contributed by atoms with van der Waals surface area (Å²) in [4.78, 5) is 14.3. The summed E-state index contributed by atoms with van der Waals surface area (Å²) in [5.41, 5.74) is 2.86. The molecule has 1 fully saturated rings. The minimum absolute atomic E-state index is 0.104. The van der Waals surface area contributed by atoms with Crippen LogP contribution in [-0.4, -0.2) is 30.6 Å². The van der Waals surface area contributed by atoms with Crippen molar-refractivity contribution in [1.82, 2.24) is 4.90 Å². The van der Waals surface area contributed by atoms with Gasteiger partial charge in [-0.05, 0) is 38.7 Å². The van der Waals surface area contributed by atoms with Crippen molar-refractivity contribution in [2.45, 2.75) is 33.1 Å². The first kappa shape index (κ1) is 16.1. The summed E-state index contributed by atoms with van der Waals surface area (Å²) in [6.45, 7) is 5.77. The number of hydrogen-bond acceptors (Lipinski definition) is 4. The van der Waals surface area contributed by atoms with E-state index in [0.29, 0.717) is 5.70 Å². The van der Waals surface area contributed by atoms with Gasteiger partial charge >= 0.3 is 5.97 Å². The van der Waals surface area contributed by atoms with Gasteiger partial charge < -0.3 is 9.64 Å². The summed E-state index contributed by atoms with van der Waals surface area (Å²) >= 11 is 0. The number of ether oxygens (including phenoxy) is 1. The Hall–Kier alpha value is -2.28.